The Morgan fingerprint density at radius 1 is 1.00 bits per heavy atom. The highest BCUT2D eigenvalue weighted by molar-refractivity contribution is 7.17. The smallest absolute Gasteiger partial charge is 0.341 e. The first-order valence-electron chi connectivity index (χ1n) is 10.9. The summed E-state index contributed by atoms with van der Waals surface area (Å²) in [6.07, 6.45) is 0.769. The summed E-state index contributed by atoms with van der Waals surface area (Å²) in [4.78, 5) is 29.8. The number of rotatable bonds is 6. The van der Waals surface area contributed by atoms with Gasteiger partial charge in [-0.25, -0.2) is 4.79 Å². The Labute approximate surface area is 193 Å². The number of methoxy groups -OCH3 is 1. The average Bonchev–Trinajstić information content (AvgIpc) is 3.17. The molecular weight excluding hydrogens is 420 g/mol. The minimum Gasteiger partial charge on any atom is -0.465 e. The minimum absolute atomic E-state index is 0.160. The van der Waals surface area contributed by atoms with E-state index in [1.165, 1.54) is 18.4 Å². The Morgan fingerprint density at radius 2 is 1.59 bits per heavy atom. The Bertz CT molecular complexity index is 1050. The highest BCUT2D eigenvalue weighted by Gasteiger charge is 2.31. The van der Waals surface area contributed by atoms with Gasteiger partial charge in [0.25, 0.3) is 0 Å². The van der Waals surface area contributed by atoms with Crippen molar-refractivity contribution in [1.82, 2.24) is 4.90 Å². The summed E-state index contributed by atoms with van der Waals surface area (Å²) >= 11 is 1.49. The second kappa shape index (κ2) is 9.67. The van der Waals surface area contributed by atoms with E-state index < -0.39 is 11.9 Å². The van der Waals surface area contributed by atoms with Crippen molar-refractivity contribution < 1.29 is 14.3 Å². The molecule has 1 N–H and O–H groups in total. The summed E-state index contributed by atoms with van der Waals surface area (Å²) in [5.74, 6) is -1.03. The second-order valence-electron chi connectivity index (χ2n) is 8.26. The van der Waals surface area contributed by atoms with Gasteiger partial charge in [-0.05, 0) is 37.0 Å². The predicted molar refractivity (Wildman–Crippen MR) is 128 cm³/mol. The highest BCUT2D eigenvalue weighted by Crippen LogP contribution is 2.39. The van der Waals surface area contributed by atoms with Gasteiger partial charge in [-0.15, -0.1) is 11.3 Å². The molecule has 1 aromatic heterocycles. The van der Waals surface area contributed by atoms with Crippen LogP contribution in [0.3, 0.4) is 0 Å². The van der Waals surface area contributed by atoms with Crippen molar-refractivity contribution in [2.75, 3.05) is 19.0 Å². The maximum Gasteiger partial charge on any atom is 0.341 e. The van der Waals surface area contributed by atoms with Crippen LogP contribution in [0.1, 0.15) is 51.7 Å². The fourth-order valence-corrected chi connectivity index (χ4v) is 5.50. The maximum absolute atomic E-state index is 13.6. The Hall–Kier alpha value is -2.96. The summed E-state index contributed by atoms with van der Waals surface area (Å²) < 4.78 is 5.09. The summed E-state index contributed by atoms with van der Waals surface area (Å²) in [6, 6.07) is 19.9. The molecule has 2 heterocycles. The number of benzene rings is 2. The van der Waals surface area contributed by atoms with E-state index in [0.717, 1.165) is 41.1 Å². The lowest BCUT2D eigenvalue weighted by molar-refractivity contribution is -0.116. The quantitative estimate of drug-likeness (QED) is 0.535. The molecule has 0 saturated heterocycles. The molecule has 2 aromatic carbocycles. The summed E-state index contributed by atoms with van der Waals surface area (Å²) in [6.45, 7) is 6.01. The molecule has 0 bridgehead atoms. The lowest BCUT2D eigenvalue weighted by Gasteiger charge is -2.30. The van der Waals surface area contributed by atoms with Gasteiger partial charge in [-0.2, -0.15) is 0 Å². The molecule has 0 spiro atoms. The topological polar surface area (TPSA) is 58.6 Å². The van der Waals surface area contributed by atoms with E-state index in [9.17, 15) is 9.59 Å². The van der Waals surface area contributed by atoms with Gasteiger partial charge in [0.2, 0.25) is 5.91 Å². The van der Waals surface area contributed by atoms with E-state index in [1.54, 1.807) is 0 Å². The van der Waals surface area contributed by atoms with Gasteiger partial charge in [0, 0.05) is 24.0 Å². The lowest BCUT2D eigenvalue weighted by atomic mass is 9.90. The molecule has 1 aliphatic rings. The van der Waals surface area contributed by atoms with Gasteiger partial charge in [0.1, 0.15) is 5.00 Å². The van der Waals surface area contributed by atoms with Crippen LogP contribution in [0.25, 0.3) is 0 Å². The zero-order valence-electron chi connectivity index (χ0n) is 18.6. The van der Waals surface area contributed by atoms with Gasteiger partial charge >= 0.3 is 5.97 Å². The van der Waals surface area contributed by atoms with E-state index in [4.69, 9.17) is 4.74 Å². The monoisotopic (exact) mass is 448 g/mol. The number of thiophene rings is 1. The van der Waals surface area contributed by atoms with E-state index in [-0.39, 0.29) is 5.91 Å². The van der Waals surface area contributed by atoms with Crippen LogP contribution in [0.2, 0.25) is 0 Å². The molecule has 5 nitrogen and oxygen atoms in total. The van der Waals surface area contributed by atoms with Crippen molar-refractivity contribution in [2.24, 2.45) is 0 Å². The third-order valence-corrected chi connectivity index (χ3v) is 7.10. The Balaban J connectivity index is 1.71. The molecule has 0 unspecified atom stereocenters. The molecular formula is C26H28N2O3S. The first kappa shape index (κ1) is 22.2. The standard InChI is InChI=1S/C26H28N2O3S/c1-17(2)28-15-14-20-21(16-28)32-25(23(20)26(30)31-3)27-24(29)22(18-10-6-4-7-11-18)19-12-8-5-9-13-19/h4-13,17,22H,14-16H2,1-3H3,(H,27,29). The number of hydrogen-bond acceptors (Lipinski definition) is 5. The van der Waals surface area contributed by atoms with E-state index >= 15 is 0 Å². The number of nitrogens with zero attached hydrogens (tertiary/aromatic N) is 1. The number of ether oxygens (including phenoxy) is 1. The van der Waals surface area contributed by atoms with Crippen molar-refractivity contribution in [3.05, 3.63) is 87.8 Å². The van der Waals surface area contributed by atoms with Crippen LogP contribution >= 0.6 is 11.3 Å². The minimum atomic E-state index is -0.478. The molecule has 6 heteroatoms. The molecule has 4 rings (SSSR count). The van der Waals surface area contributed by atoms with Crippen LogP contribution < -0.4 is 5.32 Å². The molecule has 0 aliphatic carbocycles. The van der Waals surface area contributed by atoms with Crippen LogP contribution in [-0.4, -0.2) is 36.5 Å². The zero-order chi connectivity index (χ0) is 22.7. The van der Waals surface area contributed by atoms with Crippen LogP contribution in [0.5, 0.6) is 0 Å². The van der Waals surface area contributed by atoms with Crippen molar-refractivity contribution in [1.29, 1.82) is 0 Å². The van der Waals surface area contributed by atoms with Crippen LogP contribution in [0.15, 0.2) is 60.7 Å². The molecule has 0 atom stereocenters. The van der Waals surface area contributed by atoms with E-state index in [2.05, 4.69) is 24.1 Å². The molecule has 0 fully saturated rings. The van der Waals surface area contributed by atoms with Gasteiger partial charge in [0.15, 0.2) is 0 Å². The molecule has 166 valence electrons. The first-order valence-corrected chi connectivity index (χ1v) is 11.7. The number of fused-ring (bicyclic) bond motifs is 1. The SMILES string of the molecule is COC(=O)c1c(NC(=O)C(c2ccccc2)c2ccccc2)sc2c1CCN(C(C)C)C2. The van der Waals surface area contributed by atoms with Gasteiger partial charge in [0.05, 0.1) is 18.6 Å². The maximum atomic E-state index is 13.6. The molecule has 1 aliphatic heterocycles. The third-order valence-electron chi connectivity index (χ3n) is 5.97. The number of anilines is 1. The number of nitrogens with one attached hydrogen (secondary N) is 1. The Morgan fingerprint density at radius 3 is 2.12 bits per heavy atom. The molecule has 0 radical (unpaired) electrons. The number of esters is 1. The molecule has 32 heavy (non-hydrogen) atoms. The summed E-state index contributed by atoms with van der Waals surface area (Å²) in [5.41, 5.74) is 3.32. The van der Waals surface area contributed by atoms with E-state index in [1.807, 2.05) is 60.7 Å². The average molecular weight is 449 g/mol. The summed E-state index contributed by atoms with van der Waals surface area (Å²) in [5, 5.41) is 3.66. The van der Waals surface area contributed by atoms with Gasteiger partial charge in [-0.3, -0.25) is 9.69 Å². The van der Waals surface area contributed by atoms with Crippen molar-refractivity contribution in [3.8, 4) is 0 Å². The normalized spacial score (nSPS) is 13.8. The fraction of sp³-hybridized carbons (Fsp3) is 0.308. The number of hydrogen-bond donors (Lipinski definition) is 1. The predicted octanol–water partition coefficient (Wildman–Crippen LogP) is 5.07. The van der Waals surface area contributed by atoms with Crippen LogP contribution in [-0.2, 0) is 22.5 Å². The summed E-state index contributed by atoms with van der Waals surface area (Å²) in [7, 11) is 1.39. The van der Waals surface area contributed by atoms with Gasteiger partial charge in [-0.1, -0.05) is 60.7 Å². The van der Waals surface area contributed by atoms with Crippen LogP contribution in [0, 0.1) is 0 Å². The molecule has 0 saturated carbocycles. The number of carbonyl (C=O) groups is 2. The second-order valence-corrected chi connectivity index (χ2v) is 9.36. The third kappa shape index (κ3) is 4.47. The Kier molecular flexibility index (Phi) is 6.72. The van der Waals surface area contributed by atoms with Crippen molar-refractivity contribution in [3.63, 3.8) is 0 Å². The number of carbonyl (C=O) groups excluding carboxylic acids is 2. The number of amides is 1. The van der Waals surface area contributed by atoms with E-state index in [0.29, 0.717) is 16.6 Å². The van der Waals surface area contributed by atoms with Gasteiger partial charge < -0.3 is 10.1 Å². The van der Waals surface area contributed by atoms with Crippen molar-refractivity contribution in [2.45, 2.75) is 38.8 Å². The fourth-order valence-electron chi connectivity index (χ4n) is 4.24. The lowest BCUT2D eigenvalue weighted by Crippen LogP contribution is -2.35. The highest BCUT2D eigenvalue weighted by atomic mass is 32.1. The largest absolute Gasteiger partial charge is 0.465 e. The zero-order valence-corrected chi connectivity index (χ0v) is 19.4. The van der Waals surface area contributed by atoms with Crippen molar-refractivity contribution >= 4 is 28.2 Å². The molecule has 1 amide bonds. The first-order chi connectivity index (χ1) is 15.5. The molecule has 3 aromatic rings. The van der Waals surface area contributed by atoms with Crippen LogP contribution in [0.4, 0.5) is 5.00 Å².